The summed E-state index contributed by atoms with van der Waals surface area (Å²) >= 11 is 0. The molecule has 3 rings (SSSR count). The van der Waals surface area contributed by atoms with E-state index in [1.165, 1.54) is 0 Å². The molecule has 1 aliphatic heterocycles. The standard InChI is InChI=1S/C16H17NO3/c1-18-14-5-3-13(4-6-14)17-11-12-2-7-15-16(10-12)20-9-8-19-15/h2-7,10,17H,8-9,11H2,1H3. The van der Waals surface area contributed by atoms with Crippen LogP contribution in [0.2, 0.25) is 0 Å². The van der Waals surface area contributed by atoms with Gasteiger partial charge in [-0.3, -0.25) is 0 Å². The van der Waals surface area contributed by atoms with E-state index in [4.69, 9.17) is 14.2 Å². The molecule has 0 saturated heterocycles. The summed E-state index contributed by atoms with van der Waals surface area (Å²) in [6, 6.07) is 13.9. The molecule has 2 aromatic rings. The molecule has 2 aromatic carbocycles. The van der Waals surface area contributed by atoms with Crippen LogP contribution in [0.3, 0.4) is 0 Å². The molecule has 0 radical (unpaired) electrons. The molecule has 1 heterocycles. The van der Waals surface area contributed by atoms with Gasteiger partial charge in [0.25, 0.3) is 0 Å². The maximum atomic E-state index is 5.58. The fraction of sp³-hybridized carbons (Fsp3) is 0.250. The van der Waals surface area contributed by atoms with Gasteiger partial charge < -0.3 is 19.5 Å². The summed E-state index contributed by atoms with van der Waals surface area (Å²) in [6.07, 6.45) is 0. The van der Waals surface area contributed by atoms with Crippen LogP contribution in [-0.4, -0.2) is 20.3 Å². The Morgan fingerprint density at radius 1 is 1.00 bits per heavy atom. The fourth-order valence-corrected chi connectivity index (χ4v) is 2.11. The van der Waals surface area contributed by atoms with Crippen LogP contribution in [0.4, 0.5) is 5.69 Å². The van der Waals surface area contributed by atoms with E-state index in [9.17, 15) is 0 Å². The summed E-state index contributed by atoms with van der Waals surface area (Å²) in [6.45, 7) is 1.97. The Bertz CT molecular complexity index is 581. The summed E-state index contributed by atoms with van der Waals surface area (Å²) in [7, 11) is 1.66. The van der Waals surface area contributed by atoms with Gasteiger partial charge in [-0.2, -0.15) is 0 Å². The van der Waals surface area contributed by atoms with Gasteiger partial charge in [-0.1, -0.05) is 6.07 Å². The van der Waals surface area contributed by atoms with E-state index in [1.807, 2.05) is 42.5 Å². The van der Waals surface area contributed by atoms with Crippen molar-refractivity contribution in [2.24, 2.45) is 0 Å². The Balaban J connectivity index is 1.65. The monoisotopic (exact) mass is 271 g/mol. The zero-order valence-electron chi connectivity index (χ0n) is 11.4. The SMILES string of the molecule is COc1ccc(NCc2ccc3c(c2)OCCO3)cc1. The van der Waals surface area contributed by atoms with Crippen LogP contribution < -0.4 is 19.5 Å². The van der Waals surface area contributed by atoms with Crippen molar-refractivity contribution in [2.45, 2.75) is 6.54 Å². The Kier molecular flexibility index (Phi) is 3.63. The second kappa shape index (κ2) is 5.74. The minimum Gasteiger partial charge on any atom is -0.497 e. The molecule has 0 unspecified atom stereocenters. The van der Waals surface area contributed by atoms with Gasteiger partial charge in [-0.25, -0.2) is 0 Å². The summed E-state index contributed by atoms with van der Waals surface area (Å²) in [5.74, 6) is 2.50. The van der Waals surface area contributed by atoms with Crippen molar-refractivity contribution in [1.29, 1.82) is 0 Å². The van der Waals surface area contributed by atoms with Crippen LogP contribution in [0.5, 0.6) is 17.2 Å². The minimum absolute atomic E-state index is 0.613. The van der Waals surface area contributed by atoms with Gasteiger partial charge in [-0.15, -0.1) is 0 Å². The molecule has 20 heavy (non-hydrogen) atoms. The molecule has 0 aromatic heterocycles. The van der Waals surface area contributed by atoms with Gasteiger partial charge in [0.1, 0.15) is 19.0 Å². The molecule has 0 amide bonds. The number of benzene rings is 2. The van der Waals surface area contributed by atoms with Gasteiger partial charge >= 0.3 is 0 Å². The van der Waals surface area contributed by atoms with Crippen LogP contribution in [-0.2, 0) is 6.54 Å². The third-order valence-corrected chi connectivity index (χ3v) is 3.19. The Morgan fingerprint density at radius 3 is 2.50 bits per heavy atom. The Labute approximate surface area is 118 Å². The molecule has 0 spiro atoms. The summed E-state index contributed by atoms with van der Waals surface area (Å²) in [5.41, 5.74) is 2.21. The van der Waals surface area contributed by atoms with E-state index in [0.29, 0.717) is 13.2 Å². The number of methoxy groups -OCH3 is 1. The van der Waals surface area contributed by atoms with E-state index in [-0.39, 0.29) is 0 Å². The fourth-order valence-electron chi connectivity index (χ4n) is 2.11. The molecule has 4 nitrogen and oxygen atoms in total. The number of hydrogen-bond donors (Lipinski definition) is 1. The van der Waals surface area contributed by atoms with E-state index in [1.54, 1.807) is 7.11 Å². The van der Waals surface area contributed by atoms with Crippen molar-refractivity contribution in [1.82, 2.24) is 0 Å². The molecular weight excluding hydrogens is 254 g/mol. The van der Waals surface area contributed by atoms with Gasteiger partial charge in [0.15, 0.2) is 11.5 Å². The second-order valence-corrected chi connectivity index (χ2v) is 4.56. The van der Waals surface area contributed by atoms with E-state index in [0.717, 1.165) is 35.0 Å². The first-order valence-corrected chi connectivity index (χ1v) is 6.61. The highest BCUT2D eigenvalue weighted by atomic mass is 16.6. The first-order valence-electron chi connectivity index (χ1n) is 6.61. The number of nitrogens with one attached hydrogen (secondary N) is 1. The lowest BCUT2D eigenvalue weighted by atomic mass is 10.2. The number of anilines is 1. The number of rotatable bonds is 4. The number of hydrogen-bond acceptors (Lipinski definition) is 4. The van der Waals surface area contributed by atoms with Crippen molar-refractivity contribution < 1.29 is 14.2 Å². The number of ether oxygens (including phenoxy) is 3. The average molecular weight is 271 g/mol. The topological polar surface area (TPSA) is 39.7 Å². The van der Waals surface area contributed by atoms with Crippen molar-refractivity contribution >= 4 is 5.69 Å². The Morgan fingerprint density at radius 2 is 1.75 bits per heavy atom. The van der Waals surface area contributed by atoms with E-state index >= 15 is 0 Å². The molecule has 0 aliphatic carbocycles. The van der Waals surface area contributed by atoms with E-state index in [2.05, 4.69) is 5.32 Å². The van der Waals surface area contributed by atoms with Gasteiger partial charge in [0.2, 0.25) is 0 Å². The molecule has 1 N–H and O–H groups in total. The van der Waals surface area contributed by atoms with Crippen LogP contribution >= 0.6 is 0 Å². The van der Waals surface area contributed by atoms with Crippen LogP contribution in [0.25, 0.3) is 0 Å². The molecule has 0 fully saturated rings. The van der Waals surface area contributed by atoms with Crippen molar-refractivity contribution in [3.8, 4) is 17.2 Å². The van der Waals surface area contributed by atoms with Crippen LogP contribution in [0, 0.1) is 0 Å². The third kappa shape index (κ3) is 2.79. The predicted octanol–water partition coefficient (Wildman–Crippen LogP) is 3.08. The molecule has 0 bridgehead atoms. The van der Waals surface area contributed by atoms with Crippen LogP contribution in [0.1, 0.15) is 5.56 Å². The molecule has 1 aliphatic rings. The number of fused-ring (bicyclic) bond motifs is 1. The summed E-state index contributed by atoms with van der Waals surface area (Å²) in [5, 5.41) is 3.37. The van der Waals surface area contributed by atoms with Gasteiger partial charge in [-0.05, 0) is 42.0 Å². The second-order valence-electron chi connectivity index (χ2n) is 4.56. The quantitative estimate of drug-likeness (QED) is 0.927. The smallest absolute Gasteiger partial charge is 0.161 e. The first kappa shape index (κ1) is 12.7. The molecule has 104 valence electrons. The summed E-state index contributed by atoms with van der Waals surface area (Å²) < 4.78 is 16.2. The molecule has 4 heteroatoms. The lowest BCUT2D eigenvalue weighted by Crippen LogP contribution is -2.15. The highest BCUT2D eigenvalue weighted by Crippen LogP contribution is 2.31. The largest absolute Gasteiger partial charge is 0.497 e. The first-order chi connectivity index (χ1) is 9.85. The molecule has 0 atom stereocenters. The maximum Gasteiger partial charge on any atom is 0.161 e. The lowest BCUT2D eigenvalue weighted by Gasteiger charge is -2.19. The zero-order valence-corrected chi connectivity index (χ0v) is 11.4. The molecular formula is C16H17NO3. The Hall–Kier alpha value is -2.36. The van der Waals surface area contributed by atoms with Crippen LogP contribution in [0.15, 0.2) is 42.5 Å². The zero-order chi connectivity index (χ0) is 13.8. The predicted molar refractivity (Wildman–Crippen MR) is 77.8 cm³/mol. The highest BCUT2D eigenvalue weighted by molar-refractivity contribution is 5.48. The van der Waals surface area contributed by atoms with Gasteiger partial charge in [0, 0.05) is 12.2 Å². The summed E-state index contributed by atoms with van der Waals surface area (Å²) in [4.78, 5) is 0. The normalized spacial score (nSPS) is 12.8. The third-order valence-electron chi connectivity index (χ3n) is 3.19. The van der Waals surface area contributed by atoms with Gasteiger partial charge in [0.05, 0.1) is 7.11 Å². The van der Waals surface area contributed by atoms with Crippen molar-refractivity contribution in [2.75, 3.05) is 25.6 Å². The molecule has 0 saturated carbocycles. The lowest BCUT2D eigenvalue weighted by molar-refractivity contribution is 0.171. The minimum atomic E-state index is 0.613. The highest BCUT2D eigenvalue weighted by Gasteiger charge is 2.11. The average Bonchev–Trinajstić information content (AvgIpc) is 2.53. The van der Waals surface area contributed by atoms with Crippen molar-refractivity contribution in [3.05, 3.63) is 48.0 Å². The maximum absolute atomic E-state index is 5.58. The van der Waals surface area contributed by atoms with E-state index < -0.39 is 0 Å². The van der Waals surface area contributed by atoms with Crippen molar-refractivity contribution in [3.63, 3.8) is 0 Å².